The smallest absolute Gasteiger partial charge is 0.0210 e. The lowest BCUT2D eigenvalue weighted by atomic mass is 9.71. The van der Waals surface area contributed by atoms with Crippen LogP contribution in [0.5, 0.6) is 0 Å². The van der Waals surface area contributed by atoms with Gasteiger partial charge in [-0.25, -0.2) is 0 Å². The van der Waals surface area contributed by atoms with E-state index in [1.54, 1.807) is 0 Å². The molecular weight excluding hydrogens is 250 g/mol. The number of hydrogen-bond acceptors (Lipinski definition) is 1. The third kappa shape index (κ3) is 2.26. The third-order valence-electron chi connectivity index (χ3n) is 3.41. The van der Waals surface area contributed by atoms with Crippen molar-refractivity contribution in [3.8, 4) is 0 Å². The summed E-state index contributed by atoms with van der Waals surface area (Å²) in [5.41, 5.74) is 1.81. The molecule has 0 radical (unpaired) electrons. The highest BCUT2D eigenvalue weighted by Crippen LogP contribution is 2.42. The first kappa shape index (κ1) is 11.2. The summed E-state index contributed by atoms with van der Waals surface area (Å²) in [6.45, 7) is 6.95. The molecule has 1 nitrogen and oxygen atoms in total. The number of rotatable bonds is 1. The van der Waals surface area contributed by atoms with Crippen LogP contribution in [0.1, 0.15) is 31.7 Å². The van der Waals surface area contributed by atoms with Crippen LogP contribution in [0.4, 0.5) is 0 Å². The van der Waals surface area contributed by atoms with Crippen LogP contribution < -0.4 is 5.32 Å². The number of hydrogen-bond donors (Lipinski definition) is 1. The van der Waals surface area contributed by atoms with E-state index in [0.29, 0.717) is 11.3 Å². The van der Waals surface area contributed by atoms with Crippen molar-refractivity contribution in [1.29, 1.82) is 0 Å². The summed E-state index contributed by atoms with van der Waals surface area (Å²) in [6.07, 6.45) is 1.23. The van der Waals surface area contributed by atoms with Crippen molar-refractivity contribution in [2.45, 2.75) is 26.2 Å². The van der Waals surface area contributed by atoms with E-state index in [4.69, 9.17) is 0 Å². The molecule has 1 aromatic rings. The number of nitrogens with one attached hydrogen (secondary N) is 1. The fourth-order valence-electron chi connectivity index (χ4n) is 2.51. The van der Waals surface area contributed by atoms with Crippen molar-refractivity contribution in [2.75, 3.05) is 13.1 Å². The van der Waals surface area contributed by atoms with E-state index in [1.165, 1.54) is 16.5 Å². The lowest BCUT2D eigenvalue weighted by Gasteiger charge is -2.39. The van der Waals surface area contributed by atoms with Crippen molar-refractivity contribution in [3.63, 3.8) is 0 Å². The van der Waals surface area contributed by atoms with Gasteiger partial charge >= 0.3 is 0 Å². The molecule has 1 unspecified atom stereocenters. The minimum absolute atomic E-state index is 0.349. The van der Waals surface area contributed by atoms with E-state index in [-0.39, 0.29) is 0 Å². The van der Waals surface area contributed by atoms with Gasteiger partial charge in [0.05, 0.1) is 0 Å². The molecule has 2 heteroatoms. The number of benzene rings is 1. The summed E-state index contributed by atoms with van der Waals surface area (Å²) in [5, 5.41) is 3.48. The Morgan fingerprint density at radius 2 is 2.07 bits per heavy atom. The van der Waals surface area contributed by atoms with Gasteiger partial charge in [-0.2, -0.15) is 0 Å². The van der Waals surface area contributed by atoms with Gasteiger partial charge in [0.1, 0.15) is 0 Å². The van der Waals surface area contributed by atoms with Crippen LogP contribution in [0.3, 0.4) is 0 Å². The molecule has 1 atom stereocenters. The van der Waals surface area contributed by atoms with E-state index in [9.17, 15) is 0 Å². The summed E-state index contributed by atoms with van der Waals surface area (Å²) in [4.78, 5) is 0. The predicted molar refractivity (Wildman–Crippen MR) is 68.2 cm³/mol. The van der Waals surface area contributed by atoms with E-state index < -0.39 is 0 Å². The molecule has 0 bridgehead atoms. The molecule has 1 saturated heterocycles. The van der Waals surface area contributed by atoms with Crippen molar-refractivity contribution < 1.29 is 0 Å². The maximum absolute atomic E-state index is 3.66. The molecule has 15 heavy (non-hydrogen) atoms. The Morgan fingerprint density at radius 3 is 2.73 bits per heavy atom. The lowest BCUT2D eigenvalue weighted by molar-refractivity contribution is 0.218. The van der Waals surface area contributed by atoms with Crippen LogP contribution in [-0.4, -0.2) is 13.1 Å². The normalized spacial score (nSPS) is 25.1. The van der Waals surface area contributed by atoms with Crippen LogP contribution >= 0.6 is 15.9 Å². The summed E-state index contributed by atoms with van der Waals surface area (Å²) >= 11 is 3.66. The molecule has 0 aromatic heterocycles. The molecule has 1 fully saturated rings. The zero-order valence-electron chi connectivity index (χ0n) is 9.39. The first-order valence-corrected chi connectivity index (χ1v) is 6.36. The van der Waals surface area contributed by atoms with Crippen molar-refractivity contribution in [2.24, 2.45) is 5.41 Å². The van der Waals surface area contributed by atoms with E-state index >= 15 is 0 Å². The molecule has 82 valence electrons. The highest BCUT2D eigenvalue weighted by Gasteiger charge is 2.33. The maximum atomic E-state index is 3.66. The highest BCUT2D eigenvalue weighted by molar-refractivity contribution is 9.10. The maximum Gasteiger partial charge on any atom is 0.0210 e. The zero-order valence-corrected chi connectivity index (χ0v) is 11.0. The number of halogens is 1. The van der Waals surface area contributed by atoms with Crippen molar-refractivity contribution in [1.82, 2.24) is 5.32 Å². The molecule has 1 N–H and O–H groups in total. The van der Waals surface area contributed by atoms with Gasteiger partial charge in [-0.1, -0.05) is 48.0 Å². The fourth-order valence-corrected chi connectivity index (χ4v) is 3.07. The van der Waals surface area contributed by atoms with E-state index in [1.807, 2.05) is 0 Å². The fraction of sp³-hybridized carbons (Fsp3) is 0.538. The van der Waals surface area contributed by atoms with Gasteiger partial charge in [0.15, 0.2) is 0 Å². The van der Waals surface area contributed by atoms with E-state index in [0.717, 1.165) is 13.1 Å². The van der Waals surface area contributed by atoms with Crippen LogP contribution in [-0.2, 0) is 0 Å². The molecule has 1 aromatic carbocycles. The van der Waals surface area contributed by atoms with Crippen LogP contribution in [0.15, 0.2) is 28.7 Å². The largest absolute Gasteiger partial charge is 0.316 e. The van der Waals surface area contributed by atoms with Crippen LogP contribution in [0.2, 0.25) is 0 Å². The molecule has 2 rings (SSSR count). The Morgan fingerprint density at radius 1 is 1.33 bits per heavy atom. The van der Waals surface area contributed by atoms with Gasteiger partial charge in [0, 0.05) is 11.0 Å². The Balaban J connectivity index is 2.33. The summed E-state index contributed by atoms with van der Waals surface area (Å²) < 4.78 is 1.25. The average Bonchev–Trinajstić information content (AvgIpc) is 2.19. The first-order valence-electron chi connectivity index (χ1n) is 5.56. The zero-order chi connectivity index (χ0) is 10.9. The van der Waals surface area contributed by atoms with Crippen LogP contribution in [0.25, 0.3) is 0 Å². The minimum Gasteiger partial charge on any atom is -0.316 e. The Bertz CT molecular complexity index is 346. The van der Waals surface area contributed by atoms with Crippen molar-refractivity contribution >= 4 is 15.9 Å². The minimum atomic E-state index is 0.349. The van der Waals surface area contributed by atoms with Gasteiger partial charge in [-0.3, -0.25) is 0 Å². The molecule has 0 aliphatic carbocycles. The van der Waals surface area contributed by atoms with Gasteiger partial charge in [-0.15, -0.1) is 0 Å². The molecule has 1 aliphatic heterocycles. The third-order valence-corrected chi connectivity index (χ3v) is 4.14. The average molecular weight is 268 g/mol. The van der Waals surface area contributed by atoms with E-state index in [2.05, 4.69) is 59.4 Å². The van der Waals surface area contributed by atoms with Gasteiger partial charge < -0.3 is 5.32 Å². The van der Waals surface area contributed by atoms with Gasteiger partial charge in [0.25, 0.3) is 0 Å². The Labute approximate surface area is 100 Å². The predicted octanol–water partition coefficient (Wildman–Crippen LogP) is 3.55. The Kier molecular flexibility index (Phi) is 3.17. The number of piperidine rings is 1. The second-order valence-electron chi connectivity index (χ2n) is 5.03. The standard InChI is InChI=1S/C13H18BrN/c1-13(2)9-15-8-7-11(13)10-5-3-4-6-12(10)14/h3-6,11,15H,7-9H2,1-2H3. The second-order valence-corrected chi connectivity index (χ2v) is 5.88. The molecule has 0 saturated carbocycles. The quantitative estimate of drug-likeness (QED) is 0.821. The van der Waals surface area contributed by atoms with Gasteiger partial charge in [-0.05, 0) is 35.9 Å². The summed E-state index contributed by atoms with van der Waals surface area (Å²) in [6, 6.07) is 8.62. The summed E-state index contributed by atoms with van der Waals surface area (Å²) in [5.74, 6) is 0.661. The molecule has 0 amide bonds. The SMILES string of the molecule is CC1(C)CNCCC1c1ccccc1Br. The topological polar surface area (TPSA) is 12.0 Å². The molecule has 0 spiro atoms. The molecule has 1 heterocycles. The highest BCUT2D eigenvalue weighted by atomic mass is 79.9. The molecular formula is C13H18BrN. The lowest BCUT2D eigenvalue weighted by Crippen LogP contribution is -2.41. The monoisotopic (exact) mass is 267 g/mol. The first-order chi connectivity index (χ1) is 7.11. The van der Waals surface area contributed by atoms with Crippen LogP contribution in [0, 0.1) is 5.41 Å². The second kappa shape index (κ2) is 4.26. The van der Waals surface area contributed by atoms with Gasteiger partial charge in [0.2, 0.25) is 0 Å². The summed E-state index contributed by atoms with van der Waals surface area (Å²) in [7, 11) is 0. The molecule has 1 aliphatic rings. The Hall–Kier alpha value is -0.340. The van der Waals surface area contributed by atoms with Crippen molar-refractivity contribution in [3.05, 3.63) is 34.3 Å².